The fourth-order valence-corrected chi connectivity index (χ4v) is 3.52. The van der Waals surface area contributed by atoms with Gasteiger partial charge in [0.15, 0.2) is 5.43 Å². The summed E-state index contributed by atoms with van der Waals surface area (Å²) in [5, 5.41) is 10.6. The number of carbonyl (C=O) groups is 1. The van der Waals surface area contributed by atoms with Gasteiger partial charge in [0, 0.05) is 34.2 Å². The second-order valence-electron chi connectivity index (χ2n) is 8.23. The second kappa shape index (κ2) is 7.47. The van der Waals surface area contributed by atoms with Crippen molar-refractivity contribution in [1.29, 1.82) is 0 Å². The molecule has 4 rings (SSSR count). The first-order chi connectivity index (χ1) is 14.7. The van der Waals surface area contributed by atoms with E-state index < -0.39 is 11.6 Å². The zero-order valence-corrected chi connectivity index (χ0v) is 17.7. The number of hydrogen-bond donors (Lipinski definition) is 1. The van der Waals surface area contributed by atoms with Crippen molar-refractivity contribution in [3.05, 3.63) is 70.4 Å². The molecule has 1 aliphatic heterocycles. The molecule has 0 bridgehead atoms. The van der Waals surface area contributed by atoms with E-state index >= 15 is 0 Å². The molecule has 0 atom stereocenters. The molecule has 158 valence electrons. The largest absolute Gasteiger partial charge is 0.508 e. The first kappa shape index (κ1) is 20.5. The first-order valence-electron chi connectivity index (χ1n) is 9.77. The first-order valence-corrected chi connectivity index (χ1v) is 9.77. The van der Waals surface area contributed by atoms with Gasteiger partial charge < -0.3 is 19.0 Å². The summed E-state index contributed by atoms with van der Waals surface area (Å²) in [5.41, 5.74) is 1.97. The Bertz CT molecular complexity index is 1330. The smallest absolute Gasteiger partial charge is 0.338 e. The van der Waals surface area contributed by atoms with Crippen molar-refractivity contribution in [2.75, 3.05) is 7.11 Å². The number of ether oxygens (including phenoxy) is 2. The lowest BCUT2D eigenvalue weighted by atomic mass is 9.92. The fourth-order valence-electron chi connectivity index (χ4n) is 3.52. The van der Waals surface area contributed by atoms with Crippen LogP contribution in [0.15, 0.2) is 63.8 Å². The van der Waals surface area contributed by atoms with Crippen molar-refractivity contribution in [3.63, 3.8) is 0 Å². The number of phenols is 1. The molecule has 1 N–H and O–H groups in total. The van der Waals surface area contributed by atoms with Crippen LogP contribution < -0.4 is 10.2 Å². The number of benzene rings is 3. The molecule has 1 heterocycles. The lowest BCUT2D eigenvalue weighted by Crippen LogP contribution is -2.23. The number of carbonyl (C=O) groups excluding carboxylic acids is 1. The molecule has 0 amide bonds. The minimum Gasteiger partial charge on any atom is -0.508 e. The number of methoxy groups -OCH3 is 1. The minimum atomic E-state index is -0.635. The highest BCUT2D eigenvalue weighted by Gasteiger charge is 2.23. The molecule has 31 heavy (non-hydrogen) atoms. The fraction of sp³-hybridized carbons (Fsp3) is 0.200. The van der Waals surface area contributed by atoms with E-state index in [1.165, 1.54) is 18.2 Å². The molecule has 6 heteroatoms. The van der Waals surface area contributed by atoms with E-state index in [1.807, 2.05) is 20.8 Å². The van der Waals surface area contributed by atoms with Crippen molar-refractivity contribution >= 4 is 16.9 Å². The van der Waals surface area contributed by atoms with E-state index in [1.54, 1.807) is 43.5 Å². The number of phenolic OH excluding ortho intramolecular Hbond substituents is 1. The van der Waals surface area contributed by atoms with Crippen LogP contribution in [0.4, 0.5) is 0 Å². The van der Waals surface area contributed by atoms with E-state index in [0.29, 0.717) is 39.2 Å². The molecule has 6 nitrogen and oxygen atoms in total. The zero-order valence-electron chi connectivity index (χ0n) is 17.7. The van der Waals surface area contributed by atoms with Gasteiger partial charge in [-0.25, -0.2) is 4.79 Å². The molecular formula is C25H22O6. The third kappa shape index (κ3) is 3.97. The van der Waals surface area contributed by atoms with Gasteiger partial charge in [-0.15, -0.1) is 0 Å². The molecule has 0 saturated heterocycles. The number of esters is 1. The van der Waals surface area contributed by atoms with Gasteiger partial charge in [0.2, 0.25) is 0 Å². The standard InChI is InChI=1S/C25H22O6/c1-25(2,3)31-24(28)14-5-10-20(29-4)19(11-14)23-17-8-6-15(26)12-21(17)30-22-13-16(27)7-9-18(22)23/h5-13,26H,1-4H3. The molecule has 0 radical (unpaired) electrons. The second-order valence-corrected chi connectivity index (χ2v) is 8.23. The molecule has 1 aliphatic carbocycles. The summed E-state index contributed by atoms with van der Waals surface area (Å²) in [7, 11) is 1.55. The quantitative estimate of drug-likeness (QED) is 0.362. The Morgan fingerprint density at radius 1 is 0.968 bits per heavy atom. The Labute approximate surface area is 179 Å². The SMILES string of the molecule is COc1ccc(C(=O)OC(C)(C)C)cc1-c1c2ccc(=O)cc-2oc2cc(O)ccc12. The van der Waals surface area contributed by atoms with Gasteiger partial charge >= 0.3 is 5.97 Å². The molecule has 0 unspecified atom stereocenters. The van der Waals surface area contributed by atoms with Crippen LogP contribution in [0.3, 0.4) is 0 Å². The Hall–Kier alpha value is -3.80. The van der Waals surface area contributed by atoms with Crippen LogP contribution in [-0.2, 0) is 4.74 Å². The summed E-state index contributed by atoms with van der Waals surface area (Å²) in [6.45, 7) is 5.42. The maximum Gasteiger partial charge on any atom is 0.338 e. The molecular weight excluding hydrogens is 396 g/mol. The number of hydrogen-bond acceptors (Lipinski definition) is 6. The Balaban J connectivity index is 2.04. The number of aromatic hydroxyl groups is 1. The maximum absolute atomic E-state index is 12.7. The van der Waals surface area contributed by atoms with Crippen molar-refractivity contribution in [3.8, 4) is 33.9 Å². The third-order valence-electron chi connectivity index (χ3n) is 4.78. The minimum absolute atomic E-state index is 0.0364. The van der Waals surface area contributed by atoms with Crippen molar-refractivity contribution in [2.45, 2.75) is 26.4 Å². The van der Waals surface area contributed by atoms with Crippen molar-refractivity contribution in [1.82, 2.24) is 0 Å². The summed E-state index contributed by atoms with van der Waals surface area (Å²) >= 11 is 0. The summed E-state index contributed by atoms with van der Waals surface area (Å²) in [6.07, 6.45) is 0. The van der Waals surface area contributed by atoms with Crippen LogP contribution in [0.2, 0.25) is 0 Å². The van der Waals surface area contributed by atoms with Gasteiger partial charge in [-0.3, -0.25) is 4.79 Å². The van der Waals surface area contributed by atoms with Gasteiger partial charge in [-0.2, -0.15) is 0 Å². The molecule has 0 aromatic heterocycles. The van der Waals surface area contributed by atoms with Crippen LogP contribution in [0.1, 0.15) is 31.1 Å². The maximum atomic E-state index is 12.7. The molecule has 2 aliphatic rings. The summed E-state index contributed by atoms with van der Waals surface area (Å²) in [4.78, 5) is 24.6. The summed E-state index contributed by atoms with van der Waals surface area (Å²) in [6, 6.07) is 14.4. The molecule has 0 spiro atoms. The molecule has 2 aromatic carbocycles. The van der Waals surface area contributed by atoms with Gasteiger partial charge in [0.1, 0.15) is 28.4 Å². The van der Waals surface area contributed by atoms with Crippen LogP contribution in [0, 0.1) is 0 Å². The predicted molar refractivity (Wildman–Crippen MR) is 118 cm³/mol. The Morgan fingerprint density at radius 2 is 1.74 bits per heavy atom. The number of fused-ring (bicyclic) bond motifs is 2. The van der Waals surface area contributed by atoms with Gasteiger partial charge in [0.05, 0.1) is 12.7 Å². The van der Waals surface area contributed by atoms with Gasteiger partial charge in [-0.1, -0.05) is 0 Å². The summed E-state index contributed by atoms with van der Waals surface area (Å²) in [5.74, 6) is 0.491. The molecule has 0 saturated carbocycles. The topological polar surface area (TPSA) is 86.0 Å². The zero-order chi connectivity index (χ0) is 22.3. The van der Waals surface area contributed by atoms with E-state index in [4.69, 9.17) is 13.9 Å². The van der Waals surface area contributed by atoms with E-state index in [9.17, 15) is 14.7 Å². The highest BCUT2D eigenvalue weighted by Crippen LogP contribution is 2.44. The normalized spacial score (nSPS) is 11.6. The molecule has 2 aromatic rings. The van der Waals surface area contributed by atoms with E-state index in [2.05, 4.69) is 0 Å². The highest BCUT2D eigenvalue weighted by atomic mass is 16.6. The lowest BCUT2D eigenvalue weighted by Gasteiger charge is -2.21. The van der Waals surface area contributed by atoms with Crippen LogP contribution >= 0.6 is 0 Å². The predicted octanol–water partition coefficient (Wildman–Crippen LogP) is 5.23. The average molecular weight is 418 g/mol. The van der Waals surface area contributed by atoms with Crippen LogP contribution in [-0.4, -0.2) is 23.8 Å². The van der Waals surface area contributed by atoms with Crippen LogP contribution in [0.5, 0.6) is 11.5 Å². The average Bonchev–Trinajstić information content (AvgIpc) is 2.70. The van der Waals surface area contributed by atoms with Crippen molar-refractivity contribution in [2.24, 2.45) is 0 Å². The summed E-state index contributed by atoms with van der Waals surface area (Å²) < 4.78 is 17.0. The van der Waals surface area contributed by atoms with Crippen LogP contribution in [0.25, 0.3) is 33.4 Å². The Morgan fingerprint density at radius 3 is 2.45 bits per heavy atom. The van der Waals surface area contributed by atoms with Gasteiger partial charge in [-0.05, 0) is 63.2 Å². The van der Waals surface area contributed by atoms with Crippen molar-refractivity contribution < 1.29 is 23.8 Å². The molecule has 0 fully saturated rings. The number of rotatable bonds is 3. The monoisotopic (exact) mass is 418 g/mol. The Kier molecular flexibility index (Phi) is 4.93. The lowest BCUT2D eigenvalue weighted by molar-refractivity contribution is 0.00695. The highest BCUT2D eigenvalue weighted by molar-refractivity contribution is 6.04. The van der Waals surface area contributed by atoms with Gasteiger partial charge in [0.25, 0.3) is 0 Å². The van der Waals surface area contributed by atoms with E-state index in [-0.39, 0.29) is 11.2 Å². The third-order valence-corrected chi connectivity index (χ3v) is 4.78. The van der Waals surface area contributed by atoms with E-state index in [0.717, 1.165) is 5.56 Å².